The largest absolute Gasteiger partial charge is 0.466 e. The number of nitrogens with zero attached hydrogens (tertiary/aromatic N) is 2. The molecule has 1 heterocycles. The van der Waals surface area contributed by atoms with Crippen LogP contribution in [0.1, 0.15) is 25.1 Å². The summed E-state index contributed by atoms with van der Waals surface area (Å²) in [6, 6.07) is 0. The maximum Gasteiger partial charge on any atom is 0.333 e. The Labute approximate surface area is 108 Å². The molecule has 0 unspecified atom stereocenters. The number of nitrogens with one attached hydrogen (secondary N) is 1. The maximum absolute atomic E-state index is 11.1. The lowest BCUT2D eigenvalue weighted by Crippen LogP contribution is -2.15. The molecule has 0 atom stereocenters. The first-order valence-corrected chi connectivity index (χ1v) is 6.05. The summed E-state index contributed by atoms with van der Waals surface area (Å²) in [6.45, 7) is 5.23. The van der Waals surface area contributed by atoms with Crippen LogP contribution in [0.5, 0.6) is 0 Å². The summed E-state index contributed by atoms with van der Waals surface area (Å²) in [5.74, 6) is -0.285. The summed E-state index contributed by atoms with van der Waals surface area (Å²) in [5, 5.41) is 7.63. The Kier molecular flexibility index (Phi) is 5.58. The molecule has 5 nitrogen and oxygen atoms in total. The highest BCUT2D eigenvalue weighted by Crippen LogP contribution is 2.06. The third-order valence-electron chi connectivity index (χ3n) is 2.70. The first kappa shape index (κ1) is 14.4. The van der Waals surface area contributed by atoms with Crippen molar-refractivity contribution in [2.45, 2.75) is 26.8 Å². The fraction of sp³-hybridized carbons (Fsp3) is 0.538. The Bertz CT molecular complexity index is 435. The summed E-state index contributed by atoms with van der Waals surface area (Å²) in [7, 11) is 3.31. The van der Waals surface area contributed by atoms with E-state index < -0.39 is 0 Å². The van der Waals surface area contributed by atoms with Crippen molar-refractivity contribution in [1.82, 2.24) is 15.1 Å². The van der Waals surface area contributed by atoms with Crippen LogP contribution in [0.25, 0.3) is 0 Å². The molecule has 1 aromatic heterocycles. The van der Waals surface area contributed by atoms with E-state index in [1.807, 2.05) is 24.0 Å². The van der Waals surface area contributed by atoms with Gasteiger partial charge in [0, 0.05) is 37.5 Å². The number of rotatable bonds is 6. The van der Waals surface area contributed by atoms with Gasteiger partial charge in [0.15, 0.2) is 0 Å². The van der Waals surface area contributed by atoms with E-state index in [4.69, 9.17) is 0 Å². The third kappa shape index (κ3) is 4.00. The van der Waals surface area contributed by atoms with Gasteiger partial charge in [0.05, 0.1) is 12.8 Å². The third-order valence-corrected chi connectivity index (χ3v) is 2.70. The van der Waals surface area contributed by atoms with Crippen LogP contribution in [0.15, 0.2) is 17.8 Å². The van der Waals surface area contributed by atoms with E-state index in [9.17, 15) is 4.79 Å². The first-order valence-electron chi connectivity index (χ1n) is 6.05. The minimum Gasteiger partial charge on any atom is -0.466 e. The monoisotopic (exact) mass is 251 g/mol. The van der Waals surface area contributed by atoms with Crippen molar-refractivity contribution in [3.8, 4) is 0 Å². The highest BCUT2D eigenvalue weighted by molar-refractivity contribution is 5.87. The van der Waals surface area contributed by atoms with Gasteiger partial charge in [0.2, 0.25) is 0 Å². The highest BCUT2D eigenvalue weighted by Gasteiger charge is 2.05. The Morgan fingerprint density at radius 1 is 1.61 bits per heavy atom. The zero-order chi connectivity index (χ0) is 13.5. The molecule has 5 heteroatoms. The number of ether oxygens (including phenoxy) is 1. The zero-order valence-electron chi connectivity index (χ0n) is 11.5. The van der Waals surface area contributed by atoms with Crippen LogP contribution in [-0.4, -0.2) is 29.4 Å². The van der Waals surface area contributed by atoms with Crippen LogP contribution in [0.3, 0.4) is 0 Å². The van der Waals surface area contributed by atoms with E-state index in [1.165, 1.54) is 12.7 Å². The van der Waals surface area contributed by atoms with Crippen molar-refractivity contribution in [3.63, 3.8) is 0 Å². The molecule has 1 rings (SSSR count). The Morgan fingerprint density at radius 3 is 2.94 bits per heavy atom. The van der Waals surface area contributed by atoms with Gasteiger partial charge in [-0.25, -0.2) is 4.79 Å². The van der Waals surface area contributed by atoms with Crippen LogP contribution in [-0.2, 0) is 29.5 Å². The van der Waals surface area contributed by atoms with E-state index in [2.05, 4.69) is 22.1 Å². The average molecular weight is 251 g/mol. The fourth-order valence-corrected chi connectivity index (χ4v) is 1.71. The molecule has 100 valence electrons. The summed E-state index contributed by atoms with van der Waals surface area (Å²) >= 11 is 0. The van der Waals surface area contributed by atoms with Gasteiger partial charge in [-0.3, -0.25) is 4.68 Å². The van der Waals surface area contributed by atoms with Crippen molar-refractivity contribution >= 4 is 5.97 Å². The molecule has 0 saturated heterocycles. The Morgan fingerprint density at radius 2 is 2.33 bits per heavy atom. The summed E-state index contributed by atoms with van der Waals surface area (Å²) in [6.07, 6.45) is 4.77. The molecule has 0 saturated carbocycles. The van der Waals surface area contributed by atoms with Gasteiger partial charge in [0.25, 0.3) is 0 Å². The van der Waals surface area contributed by atoms with E-state index >= 15 is 0 Å². The number of hydrogen-bond donors (Lipinski definition) is 1. The molecular formula is C13H21N3O2. The van der Waals surface area contributed by atoms with Crippen molar-refractivity contribution in [1.29, 1.82) is 0 Å². The topological polar surface area (TPSA) is 56.2 Å². The molecule has 0 aliphatic heterocycles. The number of hydrogen-bond acceptors (Lipinski definition) is 4. The Balaban J connectivity index is 2.44. The van der Waals surface area contributed by atoms with Crippen LogP contribution in [0.2, 0.25) is 0 Å². The molecule has 0 radical (unpaired) electrons. The lowest BCUT2D eigenvalue weighted by molar-refractivity contribution is -0.136. The van der Waals surface area contributed by atoms with Gasteiger partial charge in [-0.2, -0.15) is 5.10 Å². The second-order valence-electron chi connectivity index (χ2n) is 4.14. The predicted molar refractivity (Wildman–Crippen MR) is 70.1 cm³/mol. The number of carbonyl (C=O) groups is 1. The second-order valence-corrected chi connectivity index (χ2v) is 4.14. The zero-order valence-corrected chi connectivity index (χ0v) is 11.5. The molecular weight excluding hydrogens is 230 g/mol. The smallest absolute Gasteiger partial charge is 0.333 e. The molecule has 0 aromatic carbocycles. The van der Waals surface area contributed by atoms with Crippen LogP contribution >= 0.6 is 0 Å². The van der Waals surface area contributed by atoms with E-state index in [0.29, 0.717) is 12.1 Å². The maximum atomic E-state index is 11.1. The minimum atomic E-state index is -0.285. The van der Waals surface area contributed by atoms with Gasteiger partial charge in [0.1, 0.15) is 0 Å². The number of aryl methyl sites for hydroxylation is 2. The van der Waals surface area contributed by atoms with Gasteiger partial charge in [-0.1, -0.05) is 13.0 Å². The quantitative estimate of drug-likeness (QED) is 0.469. The van der Waals surface area contributed by atoms with Gasteiger partial charge in [-0.15, -0.1) is 0 Å². The van der Waals surface area contributed by atoms with Crippen LogP contribution in [0, 0.1) is 0 Å². The summed E-state index contributed by atoms with van der Waals surface area (Å²) < 4.78 is 6.44. The molecule has 0 aliphatic carbocycles. The minimum absolute atomic E-state index is 0.285. The highest BCUT2D eigenvalue weighted by atomic mass is 16.5. The lowest BCUT2D eigenvalue weighted by Gasteiger charge is -2.02. The number of esters is 1. The van der Waals surface area contributed by atoms with Crippen molar-refractivity contribution in [2.75, 3.05) is 13.7 Å². The number of carbonyl (C=O) groups excluding carboxylic acids is 1. The molecule has 0 aliphatic rings. The van der Waals surface area contributed by atoms with E-state index in [0.717, 1.165) is 18.7 Å². The average Bonchev–Trinajstić information content (AvgIpc) is 2.73. The molecule has 0 amide bonds. The molecule has 1 aromatic rings. The SMILES string of the molecule is CCc1nn(C)cc1CNC/C=C(/C)C(=O)OC. The van der Waals surface area contributed by atoms with Gasteiger partial charge < -0.3 is 10.1 Å². The van der Waals surface area contributed by atoms with E-state index in [-0.39, 0.29) is 5.97 Å². The summed E-state index contributed by atoms with van der Waals surface area (Å²) in [4.78, 5) is 11.1. The van der Waals surface area contributed by atoms with Crippen molar-refractivity contribution in [2.24, 2.45) is 7.05 Å². The van der Waals surface area contributed by atoms with Crippen molar-refractivity contribution in [3.05, 3.63) is 29.1 Å². The molecule has 1 N–H and O–H groups in total. The number of methoxy groups -OCH3 is 1. The van der Waals surface area contributed by atoms with E-state index in [1.54, 1.807) is 6.92 Å². The molecule has 0 spiro atoms. The fourth-order valence-electron chi connectivity index (χ4n) is 1.71. The molecule has 0 fully saturated rings. The normalized spacial score (nSPS) is 11.7. The van der Waals surface area contributed by atoms with Crippen LogP contribution in [0.4, 0.5) is 0 Å². The standard InChI is InChI=1S/C13H21N3O2/c1-5-12-11(9-16(3)15-12)8-14-7-6-10(2)13(17)18-4/h6,9,14H,5,7-8H2,1-4H3/b10-6-. The van der Waals surface area contributed by atoms with Crippen LogP contribution < -0.4 is 5.32 Å². The number of aromatic nitrogens is 2. The van der Waals surface area contributed by atoms with Gasteiger partial charge >= 0.3 is 5.97 Å². The lowest BCUT2D eigenvalue weighted by atomic mass is 10.2. The van der Waals surface area contributed by atoms with Crippen molar-refractivity contribution < 1.29 is 9.53 Å². The predicted octanol–water partition coefficient (Wildman–Crippen LogP) is 1.19. The summed E-state index contributed by atoms with van der Waals surface area (Å²) in [5.41, 5.74) is 2.93. The van der Waals surface area contributed by atoms with Gasteiger partial charge in [-0.05, 0) is 13.3 Å². The Hall–Kier alpha value is -1.62. The second kappa shape index (κ2) is 6.96. The first-order chi connectivity index (χ1) is 8.58. The molecule has 0 bridgehead atoms. The molecule has 18 heavy (non-hydrogen) atoms.